The van der Waals surface area contributed by atoms with E-state index >= 15 is 0 Å². The van der Waals surface area contributed by atoms with Crippen LogP contribution in [-0.2, 0) is 11.3 Å². The van der Waals surface area contributed by atoms with Crippen molar-refractivity contribution < 1.29 is 14.6 Å². The monoisotopic (exact) mass is 190 g/mol. The zero-order valence-electron chi connectivity index (χ0n) is 7.78. The minimum atomic E-state index is -0.191. The van der Waals surface area contributed by atoms with Crippen LogP contribution in [0.4, 0.5) is 0 Å². The molecule has 0 saturated carbocycles. The van der Waals surface area contributed by atoms with E-state index in [4.69, 9.17) is 9.84 Å². The van der Waals surface area contributed by atoms with Gasteiger partial charge in [0, 0.05) is 5.56 Å². The topological polar surface area (TPSA) is 46.5 Å². The standard InChI is InChI=1S/C9H8O2.C2H2O/c1-6-3-2-4-7-8(6)5-11-9(7)10;1-2-3/h2-4H,5H2,1H3;1,3H. The normalized spacial score (nSPS) is 11.9. The third kappa shape index (κ3) is 1.86. The summed E-state index contributed by atoms with van der Waals surface area (Å²) < 4.78 is 4.87. The summed E-state index contributed by atoms with van der Waals surface area (Å²) in [5.41, 5.74) is 2.90. The molecule has 0 bridgehead atoms. The molecule has 1 aliphatic heterocycles. The fourth-order valence-electron chi connectivity index (χ4n) is 1.30. The molecule has 14 heavy (non-hydrogen) atoms. The second kappa shape index (κ2) is 4.33. The summed E-state index contributed by atoms with van der Waals surface area (Å²) in [4.78, 5) is 11.0. The van der Waals surface area contributed by atoms with E-state index < -0.39 is 0 Å². The van der Waals surface area contributed by atoms with Crippen molar-refractivity contribution >= 4 is 5.97 Å². The molecule has 1 aromatic carbocycles. The van der Waals surface area contributed by atoms with Crippen LogP contribution < -0.4 is 0 Å². The molecule has 0 amide bonds. The van der Waals surface area contributed by atoms with Gasteiger partial charge in [0.1, 0.15) is 12.7 Å². The number of carbonyl (C=O) groups excluding carboxylic acids is 1. The van der Waals surface area contributed by atoms with Crippen LogP contribution in [0.1, 0.15) is 21.5 Å². The lowest BCUT2D eigenvalue weighted by Gasteiger charge is -1.96. The number of aliphatic hydroxyl groups excluding tert-OH is 1. The predicted octanol–water partition coefficient (Wildman–Crippen LogP) is 1.62. The number of esters is 1. The lowest BCUT2D eigenvalue weighted by Crippen LogP contribution is -1.92. The molecule has 1 aromatic rings. The Labute approximate surface area is 82.3 Å². The SMILES string of the molecule is C#CO.Cc1cccc2c1COC2=O. The van der Waals surface area contributed by atoms with Crippen molar-refractivity contribution in [2.45, 2.75) is 13.5 Å². The van der Waals surface area contributed by atoms with Gasteiger partial charge in [-0.05, 0) is 18.6 Å². The van der Waals surface area contributed by atoms with Gasteiger partial charge in [-0.1, -0.05) is 18.6 Å². The number of benzene rings is 1. The second-order valence-electron chi connectivity index (χ2n) is 2.81. The van der Waals surface area contributed by atoms with Crippen molar-refractivity contribution in [3.8, 4) is 12.5 Å². The van der Waals surface area contributed by atoms with Crippen molar-refractivity contribution in [3.63, 3.8) is 0 Å². The van der Waals surface area contributed by atoms with Gasteiger partial charge in [-0.3, -0.25) is 0 Å². The Morgan fingerprint density at radius 3 is 2.79 bits per heavy atom. The number of hydrogen-bond donors (Lipinski definition) is 1. The number of fused-ring (bicyclic) bond motifs is 1. The molecule has 0 atom stereocenters. The minimum Gasteiger partial charge on any atom is -0.462 e. The number of ether oxygens (including phenoxy) is 1. The molecule has 1 aliphatic rings. The first kappa shape index (κ1) is 10.1. The van der Waals surface area contributed by atoms with E-state index in [0.29, 0.717) is 6.61 Å². The van der Waals surface area contributed by atoms with Gasteiger partial charge in [0.15, 0.2) is 0 Å². The zero-order valence-corrected chi connectivity index (χ0v) is 7.78. The second-order valence-corrected chi connectivity index (χ2v) is 2.81. The first-order valence-corrected chi connectivity index (χ1v) is 4.06. The summed E-state index contributed by atoms with van der Waals surface area (Å²) in [6, 6.07) is 5.67. The molecular weight excluding hydrogens is 180 g/mol. The third-order valence-corrected chi connectivity index (χ3v) is 1.98. The number of rotatable bonds is 0. The Hall–Kier alpha value is -1.95. The van der Waals surface area contributed by atoms with E-state index in [1.165, 1.54) is 6.11 Å². The van der Waals surface area contributed by atoms with E-state index in [0.717, 1.165) is 16.7 Å². The zero-order chi connectivity index (χ0) is 10.6. The van der Waals surface area contributed by atoms with Gasteiger partial charge in [-0.2, -0.15) is 0 Å². The molecular formula is C11H10O3. The van der Waals surface area contributed by atoms with Gasteiger partial charge < -0.3 is 9.84 Å². The molecule has 3 heteroatoms. The van der Waals surface area contributed by atoms with Crippen LogP contribution in [0.2, 0.25) is 0 Å². The van der Waals surface area contributed by atoms with E-state index in [9.17, 15) is 4.79 Å². The van der Waals surface area contributed by atoms with Gasteiger partial charge in [-0.15, -0.1) is 0 Å². The molecule has 0 aliphatic carbocycles. The highest BCUT2D eigenvalue weighted by molar-refractivity contribution is 5.93. The number of cyclic esters (lactones) is 1. The number of terminal acetylenes is 1. The smallest absolute Gasteiger partial charge is 0.338 e. The lowest BCUT2D eigenvalue weighted by molar-refractivity contribution is 0.0535. The fraction of sp³-hybridized carbons (Fsp3) is 0.182. The summed E-state index contributed by atoms with van der Waals surface area (Å²) in [5, 5.41) is 7.10. The van der Waals surface area contributed by atoms with Gasteiger partial charge >= 0.3 is 5.97 Å². The molecule has 1 heterocycles. The van der Waals surface area contributed by atoms with Crippen molar-refractivity contribution in [2.24, 2.45) is 0 Å². The van der Waals surface area contributed by atoms with E-state index in [-0.39, 0.29) is 5.97 Å². The summed E-state index contributed by atoms with van der Waals surface area (Å²) in [5.74, 6) is -0.191. The molecule has 0 radical (unpaired) electrons. The van der Waals surface area contributed by atoms with Crippen LogP contribution in [0.5, 0.6) is 0 Å². The molecule has 0 spiro atoms. The summed E-state index contributed by atoms with van der Waals surface area (Å²) >= 11 is 0. The van der Waals surface area contributed by atoms with Gasteiger partial charge in [0.2, 0.25) is 0 Å². The van der Waals surface area contributed by atoms with Crippen LogP contribution in [0.25, 0.3) is 0 Å². The summed E-state index contributed by atoms with van der Waals surface area (Å²) in [7, 11) is 0. The largest absolute Gasteiger partial charge is 0.462 e. The molecule has 0 fully saturated rings. The molecule has 0 aromatic heterocycles. The number of aliphatic hydroxyl groups is 1. The van der Waals surface area contributed by atoms with Crippen molar-refractivity contribution in [2.75, 3.05) is 0 Å². The van der Waals surface area contributed by atoms with Gasteiger partial charge in [0.25, 0.3) is 0 Å². The van der Waals surface area contributed by atoms with Crippen LogP contribution in [0.3, 0.4) is 0 Å². The maximum absolute atomic E-state index is 11.0. The summed E-state index contributed by atoms with van der Waals surface area (Å²) in [6.07, 6.45) is 5.40. The molecule has 0 unspecified atom stereocenters. The van der Waals surface area contributed by atoms with Crippen LogP contribution in [0.15, 0.2) is 18.2 Å². The average molecular weight is 190 g/mol. The molecule has 2 rings (SSSR count). The Morgan fingerprint density at radius 1 is 1.57 bits per heavy atom. The van der Waals surface area contributed by atoms with E-state index in [1.54, 1.807) is 6.07 Å². The van der Waals surface area contributed by atoms with Crippen molar-refractivity contribution in [3.05, 3.63) is 34.9 Å². The molecule has 72 valence electrons. The first-order valence-electron chi connectivity index (χ1n) is 4.06. The molecule has 3 nitrogen and oxygen atoms in total. The van der Waals surface area contributed by atoms with E-state index in [2.05, 4.69) is 6.42 Å². The van der Waals surface area contributed by atoms with Crippen LogP contribution >= 0.6 is 0 Å². The number of carbonyl (C=O) groups is 1. The fourth-order valence-corrected chi connectivity index (χ4v) is 1.30. The van der Waals surface area contributed by atoms with Crippen LogP contribution in [0, 0.1) is 19.5 Å². The van der Waals surface area contributed by atoms with Crippen molar-refractivity contribution in [1.29, 1.82) is 0 Å². The highest BCUT2D eigenvalue weighted by Gasteiger charge is 2.21. The maximum atomic E-state index is 11.0. The Morgan fingerprint density at radius 2 is 2.21 bits per heavy atom. The lowest BCUT2D eigenvalue weighted by atomic mass is 10.1. The number of hydrogen-bond acceptors (Lipinski definition) is 3. The molecule has 1 N–H and O–H groups in total. The van der Waals surface area contributed by atoms with Gasteiger partial charge in [0.05, 0.1) is 5.56 Å². The Bertz CT molecular complexity index is 388. The quantitative estimate of drug-likeness (QED) is 0.499. The van der Waals surface area contributed by atoms with Gasteiger partial charge in [-0.25, -0.2) is 4.79 Å². The minimum absolute atomic E-state index is 0.191. The first-order chi connectivity index (χ1) is 6.70. The van der Waals surface area contributed by atoms with E-state index in [1.807, 2.05) is 19.1 Å². The number of aryl methyl sites for hydroxylation is 1. The average Bonchev–Trinajstić information content (AvgIpc) is 2.51. The highest BCUT2D eigenvalue weighted by atomic mass is 16.5. The molecule has 0 saturated heterocycles. The Kier molecular flexibility index (Phi) is 3.14. The van der Waals surface area contributed by atoms with Crippen molar-refractivity contribution in [1.82, 2.24) is 0 Å². The highest BCUT2D eigenvalue weighted by Crippen LogP contribution is 2.22. The maximum Gasteiger partial charge on any atom is 0.338 e. The third-order valence-electron chi connectivity index (χ3n) is 1.98. The van der Waals surface area contributed by atoms with Crippen LogP contribution in [-0.4, -0.2) is 11.1 Å². The summed E-state index contributed by atoms with van der Waals surface area (Å²) in [6.45, 7) is 2.43. The predicted molar refractivity (Wildman–Crippen MR) is 51.1 cm³/mol. The Balaban J connectivity index is 0.000000293.